The Labute approximate surface area is 263 Å². The zero-order chi connectivity index (χ0) is 31.5. The van der Waals surface area contributed by atoms with Gasteiger partial charge in [-0.25, -0.2) is 0 Å². The van der Waals surface area contributed by atoms with Gasteiger partial charge in [-0.3, -0.25) is 9.59 Å². The molecule has 0 aliphatic heterocycles. The van der Waals surface area contributed by atoms with Crippen molar-refractivity contribution in [3.8, 4) is 0 Å². The van der Waals surface area contributed by atoms with Crippen LogP contribution in [0.1, 0.15) is 220 Å². The fourth-order valence-corrected chi connectivity index (χ4v) is 5.54. The molecule has 0 heterocycles. The van der Waals surface area contributed by atoms with Crippen molar-refractivity contribution < 1.29 is 19.8 Å². The van der Waals surface area contributed by atoms with Crippen molar-refractivity contribution in [3.05, 3.63) is 0 Å². The van der Waals surface area contributed by atoms with Gasteiger partial charge in [0.05, 0.1) is 11.8 Å². The van der Waals surface area contributed by atoms with E-state index in [-0.39, 0.29) is 11.8 Å². The molecular weight excluding hydrogens is 520 g/mol. The standard InChI is InChI=1S/2C19H38O2/c2*1-3-4-5-6-7-8-9-10-11-12-13-14-15-16-17-18(2)19(20)21/h2*18H,3-17H2,1-2H3,(H,20,21). The number of aliphatic carboxylic acids is 2. The Kier molecular flexibility index (Phi) is 37.1. The molecule has 4 heteroatoms. The topological polar surface area (TPSA) is 74.6 Å². The molecule has 2 atom stereocenters. The first kappa shape index (κ1) is 43.1. The zero-order valence-electron chi connectivity index (χ0n) is 29.1. The van der Waals surface area contributed by atoms with E-state index in [4.69, 9.17) is 10.2 Å². The lowest BCUT2D eigenvalue weighted by molar-refractivity contribution is -0.142. The molecule has 0 bridgehead atoms. The highest BCUT2D eigenvalue weighted by molar-refractivity contribution is 5.69. The third-order valence-corrected chi connectivity index (χ3v) is 8.82. The Morgan fingerprint density at radius 1 is 0.357 bits per heavy atom. The average Bonchev–Trinajstić information content (AvgIpc) is 2.97. The van der Waals surface area contributed by atoms with Crippen LogP contribution in [0.15, 0.2) is 0 Å². The lowest BCUT2D eigenvalue weighted by Crippen LogP contribution is -2.08. The molecule has 0 amide bonds. The monoisotopic (exact) mass is 597 g/mol. The number of hydrogen-bond donors (Lipinski definition) is 2. The van der Waals surface area contributed by atoms with Crippen LogP contribution >= 0.6 is 0 Å². The largest absolute Gasteiger partial charge is 0.481 e. The first-order chi connectivity index (χ1) is 20.4. The van der Waals surface area contributed by atoms with E-state index in [2.05, 4.69) is 13.8 Å². The summed E-state index contributed by atoms with van der Waals surface area (Å²) in [5.74, 6) is -1.63. The zero-order valence-corrected chi connectivity index (χ0v) is 29.1. The van der Waals surface area contributed by atoms with Crippen LogP contribution in [-0.4, -0.2) is 22.2 Å². The first-order valence-corrected chi connectivity index (χ1v) is 18.8. The summed E-state index contributed by atoms with van der Waals surface area (Å²) in [6, 6.07) is 0. The predicted octanol–water partition coefficient (Wildman–Crippen LogP) is 13.2. The lowest BCUT2D eigenvalue weighted by atomic mass is 10.0. The Morgan fingerprint density at radius 3 is 0.690 bits per heavy atom. The van der Waals surface area contributed by atoms with E-state index in [0.29, 0.717) is 0 Å². The molecule has 0 aromatic rings. The van der Waals surface area contributed by atoms with Crippen molar-refractivity contribution >= 4 is 11.9 Å². The van der Waals surface area contributed by atoms with Crippen molar-refractivity contribution in [1.29, 1.82) is 0 Å². The smallest absolute Gasteiger partial charge is 0.306 e. The molecule has 0 saturated heterocycles. The van der Waals surface area contributed by atoms with E-state index < -0.39 is 11.9 Å². The van der Waals surface area contributed by atoms with Gasteiger partial charge in [-0.2, -0.15) is 0 Å². The van der Waals surface area contributed by atoms with Crippen LogP contribution < -0.4 is 0 Å². The SMILES string of the molecule is CCCCCCCCCCCCCCCCC(C)C(=O)O.CCCCCCCCCCCCCCCCC(C)C(=O)O. The minimum Gasteiger partial charge on any atom is -0.481 e. The van der Waals surface area contributed by atoms with Crippen LogP contribution in [0.2, 0.25) is 0 Å². The summed E-state index contributed by atoms with van der Waals surface area (Å²) in [6.45, 7) is 8.16. The summed E-state index contributed by atoms with van der Waals surface area (Å²) in [5.41, 5.74) is 0. The van der Waals surface area contributed by atoms with Crippen LogP contribution in [0.4, 0.5) is 0 Å². The van der Waals surface area contributed by atoms with Gasteiger partial charge in [0.15, 0.2) is 0 Å². The molecular formula is C38H76O4. The molecule has 0 saturated carbocycles. The molecule has 0 fully saturated rings. The number of unbranched alkanes of at least 4 members (excludes halogenated alkanes) is 26. The first-order valence-electron chi connectivity index (χ1n) is 18.8. The van der Waals surface area contributed by atoms with Gasteiger partial charge in [0, 0.05) is 0 Å². The van der Waals surface area contributed by atoms with E-state index in [1.165, 1.54) is 167 Å². The van der Waals surface area contributed by atoms with Crippen molar-refractivity contribution in [2.45, 2.75) is 220 Å². The summed E-state index contributed by atoms with van der Waals surface area (Å²) in [6.07, 6.45) is 39.6. The van der Waals surface area contributed by atoms with E-state index >= 15 is 0 Å². The van der Waals surface area contributed by atoms with Gasteiger partial charge in [0.2, 0.25) is 0 Å². The number of carboxylic acids is 2. The molecule has 4 nitrogen and oxygen atoms in total. The lowest BCUT2D eigenvalue weighted by Gasteiger charge is -2.05. The molecule has 0 aliphatic rings. The van der Waals surface area contributed by atoms with Crippen molar-refractivity contribution in [3.63, 3.8) is 0 Å². The molecule has 2 unspecified atom stereocenters. The molecule has 0 aliphatic carbocycles. The third-order valence-electron chi connectivity index (χ3n) is 8.82. The molecule has 252 valence electrons. The van der Waals surface area contributed by atoms with Gasteiger partial charge in [-0.15, -0.1) is 0 Å². The second kappa shape index (κ2) is 36.1. The summed E-state index contributed by atoms with van der Waals surface area (Å²) < 4.78 is 0. The van der Waals surface area contributed by atoms with Gasteiger partial charge in [-0.1, -0.05) is 207 Å². The van der Waals surface area contributed by atoms with Gasteiger partial charge < -0.3 is 10.2 Å². The maximum atomic E-state index is 10.7. The molecule has 42 heavy (non-hydrogen) atoms. The molecule has 0 radical (unpaired) electrons. The maximum absolute atomic E-state index is 10.7. The number of carbonyl (C=O) groups is 2. The van der Waals surface area contributed by atoms with Crippen LogP contribution in [0.5, 0.6) is 0 Å². The highest BCUT2D eigenvalue weighted by Gasteiger charge is 2.10. The molecule has 2 N–H and O–H groups in total. The summed E-state index contributed by atoms with van der Waals surface area (Å²) >= 11 is 0. The van der Waals surface area contributed by atoms with Crippen LogP contribution in [0.25, 0.3) is 0 Å². The fourth-order valence-electron chi connectivity index (χ4n) is 5.54. The predicted molar refractivity (Wildman–Crippen MR) is 183 cm³/mol. The highest BCUT2D eigenvalue weighted by atomic mass is 16.4. The van der Waals surface area contributed by atoms with Crippen LogP contribution in [0, 0.1) is 11.8 Å². The highest BCUT2D eigenvalue weighted by Crippen LogP contribution is 2.16. The third kappa shape index (κ3) is 37.0. The number of carboxylic acid groups (broad SMARTS) is 2. The Hall–Kier alpha value is -1.06. The Balaban J connectivity index is 0. The van der Waals surface area contributed by atoms with E-state index in [0.717, 1.165) is 25.7 Å². The number of hydrogen-bond acceptors (Lipinski definition) is 2. The quantitative estimate of drug-likeness (QED) is 0.0757. The van der Waals surface area contributed by atoms with Gasteiger partial charge in [0.25, 0.3) is 0 Å². The number of rotatable bonds is 32. The van der Waals surface area contributed by atoms with E-state index in [1.54, 1.807) is 0 Å². The normalized spacial score (nSPS) is 12.5. The average molecular weight is 597 g/mol. The molecule has 0 aromatic carbocycles. The van der Waals surface area contributed by atoms with Gasteiger partial charge in [-0.05, 0) is 12.8 Å². The van der Waals surface area contributed by atoms with Crippen molar-refractivity contribution in [2.75, 3.05) is 0 Å². The molecule has 0 spiro atoms. The summed E-state index contributed by atoms with van der Waals surface area (Å²) in [4.78, 5) is 21.3. The van der Waals surface area contributed by atoms with E-state index in [9.17, 15) is 9.59 Å². The van der Waals surface area contributed by atoms with Crippen molar-refractivity contribution in [2.24, 2.45) is 11.8 Å². The second-order valence-corrected chi connectivity index (χ2v) is 13.2. The van der Waals surface area contributed by atoms with Crippen molar-refractivity contribution in [1.82, 2.24) is 0 Å². The van der Waals surface area contributed by atoms with Crippen LogP contribution in [-0.2, 0) is 9.59 Å². The fraction of sp³-hybridized carbons (Fsp3) is 0.947. The Morgan fingerprint density at radius 2 is 0.524 bits per heavy atom. The van der Waals surface area contributed by atoms with Gasteiger partial charge in [0.1, 0.15) is 0 Å². The minimum absolute atomic E-state index is 0.165. The Bertz CT molecular complexity index is 499. The second-order valence-electron chi connectivity index (χ2n) is 13.2. The van der Waals surface area contributed by atoms with E-state index in [1.807, 2.05) is 13.8 Å². The molecule has 0 aromatic heterocycles. The molecule has 0 rings (SSSR count). The maximum Gasteiger partial charge on any atom is 0.306 e. The minimum atomic E-state index is -0.648. The van der Waals surface area contributed by atoms with Gasteiger partial charge >= 0.3 is 11.9 Å². The summed E-state index contributed by atoms with van der Waals surface area (Å²) in [7, 11) is 0. The van der Waals surface area contributed by atoms with Crippen LogP contribution in [0.3, 0.4) is 0 Å². The summed E-state index contributed by atoms with van der Waals surface area (Å²) in [5, 5.41) is 17.6.